The molecule has 0 spiro atoms. The van der Waals surface area contributed by atoms with E-state index in [1.54, 1.807) is 6.08 Å². The van der Waals surface area contributed by atoms with Gasteiger partial charge in [-0.3, -0.25) is 0 Å². The van der Waals surface area contributed by atoms with E-state index < -0.39 is 26.5 Å². The van der Waals surface area contributed by atoms with Crippen LogP contribution in [0.15, 0.2) is 86.0 Å². The number of carbonyl (C=O) groups excluding carboxylic acids is 2. The van der Waals surface area contributed by atoms with E-state index in [-0.39, 0.29) is 11.5 Å². The zero-order valence-electron chi connectivity index (χ0n) is 19.3. The van der Waals surface area contributed by atoms with Crippen molar-refractivity contribution in [2.75, 3.05) is 0 Å². The van der Waals surface area contributed by atoms with Gasteiger partial charge in [0.05, 0.1) is 6.10 Å². The number of aldehydes is 1. The molecule has 0 aliphatic carbocycles. The molecular weight excluding hydrogens is 416 g/mol. The molecule has 0 aliphatic heterocycles. The van der Waals surface area contributed by atoms with Crippen LogP contribution in [0, 0.1) is 0 Å². The van der Waals surface area contributed by atoms with Crippen LogP contribution in [-0.2, 0) is 18.8 Å². The molecule has 0 saturated heterocycles. The topological polar surface area (TPSA) is 52.6 Å². The van der Waals surface area contributed by atoms with Crippen molar-refractivity contribution < 1.29 is 18.8 Å². The molecule has 0 heterocycles. The monoisotopic (exact) mass is 450 g/mol. The average Bonchev–Trinajstić information content (AvgIpc) is 2.78. The number of benzene rings is 2. The predicted molar refractivity (Wildman–Crippen MR) is 133 cm³/mol. The van der Waals surface area contributed by atoms with Crippen LogP contribution in [0.1, 0.15) is 40.0 Å². The van der Waals surface area contributed by atoms with Crippen molar-refractivity contribution in [2.24, 2.45) is 0 Å². The van der Waals surface area contributed by atoms with E-state index in [4.69, 9.17) is 9.16 Å². The van der Waals surface area contributed by atoms with Crippen molar-refractivity contribution in [2.45, 2.75) is 57.3 Å². The summed E-state index contributed by atoms with van der Waals surface area (Å²) in [5.74, 6) is -0.493. The van der Waals surface area contributed by atoms with Crippen LogP contribution in [0.4, 0.5) is 0 Å². The van der Waals surface area contributed by atoms with Crippen LogP contribution >= 0.6 is 0 Å². The maximum Gasteiger partial charge on any atom is 0.330 e. The second-order valence-electron chi connectivity index (χ2n) is 8.83. The molecular formula is C27H34O4Si. The summed E-state index contributed by atoms with van der Waals surface area (Å²) in [6.45, 7) is 13.8. The summed E-state index contributed by atoms with van der Waals surface area (Å²) >= 11 is 0. The number of rotatable bonds is 12. The maximum atomic E-state index is 11.8. The second kappa shape index (κ2) is 11.7. The Morgan fingerprint density at radius 3 is 1.88 bits per heavy atom. The first kappa shape index (κ1) is 25.5. The SMILES string of the molecule is C=CC[C@H](C[C@H](CC=O)O[Si](c1ccccc1)(c1ccccc1)C(C)(C)C)OC(=O)C=C. The van der Waals surface area contributed by atoms with Crippen LogP contribution in [0.5, 0.6) is 0 Å². The first-order chi connectivity index (χ1) is 15.3. The van der Waals surface area contributed by atoms with Crippen LogP contribution < -0.4 is 10.4 Å². The molecule has 0 unspecified atom stereocenters. The third kappa shape index (κ3) is 6.15. The maximum absolute atomic E-state index is 11.8. The van der Waals surface area contributed by atoms with Crippen LogP contribution in [0.25, 0.3) is 0 Å². The fourth-order valence-corrected chi connectivity index (χ4v) is 8.83. The van der Waals surface area contributed by atoms with Gasteiger partial charge in [-0.2, -0.15) is 0 Å². The van der Waals surface area contributed by atoms with Crippen molar-refractivity contribution >= 4 is 30.9 Å². The highest BCUT2D eigenvalue weighted by Crippen LogP contribution is 2.38. The number of ether oxygens (including phenoxy) is 1. The third-order valence-corrected chi connectivity index (χ3v) is 10.6. The molecule has 5 heteroatoms. The Labute approximate surface area is 193 Å². The summed E-state index contributed by atoms with van der Waals surface area (Å²) < 4.78 is 12.6. The molecule has 170 valence electrons. The highest BCUT2D eigenvalue weighted by molar-refractivity contribution is 6.99. The summed E-state index contributed by atoms with van der Waals surface area (Å²) in [5.41, 5.74) is 0. The second-order valence-corrected chi connectivity index (χ2v) is 13.1. The third-order valence-electron chi connectivity index (χ3n) is 5.52. The van der Waals surface area contributed by atoms with Gasteiger partial charge >= 0.3 is 5.97 Å². The number of esters is 1. The number of hydrogen-bond donors (Lipinski definition) is 0. The Bertz CT molecular complexity index is 847. The van der Waals surface area contributed by atoms with E-state index in [9.17, 15) is 9.59 Å². The highest BCUT2D eigenvalue weighted by atomic mass is 28.4. The molecule has 0 aromatic heterocycles. The van der Waals surface area contributed by atoms with Gasteiger partial charge in [-0.15, -0.1) is 6.58 Å². The molecule has 0 radical (unpaired) electrons. The molecule has 0 saturated carbocycles. The van der Waals surface area contributed by atoms with E-state index in [2.05, 4.69) is 58.2 Å². The van der Waals surface area contributed by atoms with Crippen molar-refractivity contribution in [3.05, 3.63) is 86.0 Å². The molecule has 2 aromatic carbocycles. The van der Waals surface area contributed by atoms with Gasteiger partial charge in [-0.05, 0) is 15.4 Å². The molecule has 2 aromatic rings. The van der Waals surface area contributed by atoms with Crippen LogP contribution in [-0.4, -0.2) is 32.8 Å². The summed E-state index contributed by atoms with van der Waals surface area (Å²) in [6.07, 6.45) is 3.96. The smallest absolute Gasteiger partial charge is 0.330 e. The van der Waals surface area contributed by atoms with Gasteiger partial charge in [0.15, 0.2) is 0 Å². The van der Waals surface area contributed by atoms with Crippen molar-refractivity contribution in [3.63, 3.8) is 0 Å². The minimum absolute atomic E-state index is 0.212. The lowest BCUT2D eigenvalue weighted by molar-refractivity contribution is -0.144. The first-order valence-electron chi connectivity index (χ1n) is 10.9. The minimum Gasteiger partial charge on any atom is -0.459 e. The predicted octanol–water partition coefficient (Wildman–Crippen LogP) is 4.58. The van der Waals surface area contributed by atoms with E-state index in [0.29, 0.717) is 12.8 Å². The zero-order chi connectivity index (χ0) is 23.6. The van der Waals surface area contributed by atoms with E-state index in [1.807, 2.05) is 36.4 Å². The lowest BCUT2D eigenvalue weighted by Gasteiger charge is -2.45. The Morgan fingerprint density at radius 2 is 1.47 bits per heavy atom. The molecule has 2 rings (SSSR count). The lowest BCUT2D eigenvalue weighted by Crippen LogP contribution is -2.67. The number of hydrogen-bond acceptors (Lipinski definition) is 4. The van der Waals surface area contributed by atoms with Crippen molar-refractivity contribution in [1.82, 2.24) is 0 Å². The van der Waals surface area contributed by atoms with Crippen LogP contribution in [0.2, 0.25) is 5.04 Å². The van der Waals surface area contributed by atoms with Crippen molar-refractivity contribution in [3.8, 4) is 0 Å². The summed E-state index contributed by atoms with van der Waals surface area (Å²) in [6, 6.07) is 20.5. The molecule has 0 aliphatic rings. The van der Waals surface area contributed by atoms with Gasteiger partial charge in [-0.1, -0.05) is 94.1 Å². The highest BCUT2D eigenvalue weighted by Gasteiger charge is 2.51. The van der Waals surface area contributed by atoms with Gasteiger partial charge in [0.1, 0.15) is 12.4 Å². The average molecular weight is 451 g/mol. The van der Waals surface area contributed by atoms with Crippen LogP contribution in [0.3, 0.4) is 0 Å². The summed E-state index contributed by atoms with van der Waals surface area (Å²) in [4.78, 5) is 23.5. The lowest BCUT2D eigenvalue weighted by atomic mass is 10.1. The molecule has 0 bridgehead atoms. The summed E-state index contributed by atoms with van der Waals surface area (Å²) in [5, 5.41) is 2.05. The molecule has 4 nitrogen and oxygen atoms in total. The molecule has 2 atom stereocenters. The Kier molecular flexibility index (Phi) is 9.36. The Morgan fingerprint density at radius 1 is 0.938 bits per heavy atom. The van der Waals surface area contributed by atoms with Gasteiger partial charge in [0, 0.05) is 25.3 Å². The zero-order valence-corrected chi connectivity index (χ0v) is 20.3. The molecule has 0 fully saturated rings. The fraction of sp³-hybridized carbons (Fsp3) is 0.333. The van der Waals surface area contributed by atoms with E-state index >= 15 is 0 Å². The summed E-state index contributed by atoms with van der Waals surface area (Å²) in [7, 11) is -2.83. The molecule has 0 amide bonds. The quantitative estimate of drug-likeness (QED) is 0.156. The van der Waals surface area contributed by atoms with Gasteiger partial charge < -0.3 is 14.0 Å². The van der Waals surface area contributed by atoms with Gasteiger partial charge in [0.2, 0.25) is 0 Å². The Hall–Kier alpha value is -2.76. The standard InChI is InChI=1S/C27H34O4Si/c1-6-14-22(30-26(29)7-2)21-23(19-20-28)31-32(27(3,4)5,24-15-10-8-11-16-24)25-17-12-9-13-18-25/h6-13,15-18,20,22-23H,1-2,14,19,21H2,3-5H3/t22-,23+/m1/s1. The normalized spacial score (nSPS) is 13.6. The van der Waals surface area contributed by atoms with Crippen molar-refractivity contribution in [1.29, 1.82) is 0 Å². The minimum atomic E-state index is -2.83. The molecule has 32 heavy (non-hydrogen) atoms. The fourth-order valence-electron chi connectivity index (χ4n) is 4.12. The number of carbonyl (C=O) groups is 2. The van der Waals surface area contributed by atoms with Gasteiger partial charge in [0.25, 0.3) is 8.32 Å². The molecule has 0 N–H and O–H groups in total. The first-order valence-corrected chi connectivity index (χ1v) is 12.9. The largest absolute Gasteiger partial charge is 0.459 e. The van der Waals surface area contributed by atoms with Gasteiger partial charge in [-0.25, -0.2) is 4.79 Å². The Balaban J connectivity index is 2.56. The van der Waals surface area contributed by atoms with E-state index in [1.165, 1.54) is 0 Å². The van der Waals surface area contributed by atoms with E-state index in [0.717, 1.165) is 22.7 Å².